The fourth-order valence-corrected chi connectivity index (χ4v) is 2.67. The van der Waals surface area contributed by atoms with Crippen molar-refractivity contribution in [1.29, 1.82) is 0 Å². The summed E-state index contributed by atoms with van der Waals surface area (Å²) >= 11 is 0. The molecular weight excluding hydrogens is 182 g/mol. The summed E-state index contributed by atoms with van der Waals surface area (Å²) in [5, 5.41) is 0. The van der Waals surface area contributed by atoms with Crippen LogP contribution in [0.3, 0.4) is 0 Å². The Morgan fingerprint density at radius 2 is 1.80 bits per heavy atom. The second kappa shape index (κ2) is 5.32. The maximum Gasteiger partial charge on any atom is -0.00489 e. The van der Waals surface area contributed by atoms with E-state index in [1.165, 1.54) is 37.7 Å². The average molecular weight is 203 g/mol. The number of nitrogens with two attached hydrogens (primary N) is 1. The van der Waals surface area contributed by atoms with Crippen molar-refractivity contribution in [3.05, 3.63) is 35.9 Å². The van der Waals surface area contributed by atoms with Crippen molar-refractivity contribution in [2.45, 2.75) is 38.0 Å². The molecule has 82 valence electrons. The van der Waals surface area contributed by atoms with E-state index in [1.54, 1.807) is 0 Å². The lowest BCUT2D eigenvalue weighted by molar-refractivity contribution is 0.467. The molecule has 15 heavy (non-hydrogen) atoms. The third-order valence-corrected chi connectivity index (χ3v) is 3.69. The lowest BCUT2D eigenvalue weighted by Crippen LogP contribution is -2.13. The predicted molar refractivity (Wildman–Crippen MR) is 64.8 cm³/mol. The van der Waals surface area contributed by atoms with Crippen molar-refractivity contribution in [1.82, 2.24) is 0 Å². The van der Waals surface area contributed by atoms with E-state index >= 15 is 0 Å². The van der Waals surface area contributed by atoms with Crippen LogP contribution in [-0.2, 0) is 0 Å². The van der Waals surface area contributed by atoms with Crippen molar-refractivity contribution >= 4 is 0 Å². The van der Waals surface area contributed by atoms with E-state index in [4.69, 9.17) is 5.73 Å². The van der Waals surface area contributed by atoms with E-state index in [2.05, 4.69) is 30.3 Å². The van der Waals surface area contributed by atoms with Crippen LogP contribution in [0, 0.1) is 5.92 Å². The third-order valence-electron chi connectivity index (χ3n) is 3.69. The molecule has 1 aromatic rings. The van der Waals surface area contributed by atoms with Crippen LogP contribution in [0.4, 0.5) is 0 Å². The Bertz CT molecular complexity index is 281. The first-order valence-electron chi connectivity index (χ1n) is 6.15. The Kier molecular flexibility index (Phi) is 3.79. The Morgan fingerprint density at radius 1 is 1.00 bits per heavy atom. The minimum atomic E-state index is 0.777. The van der Waals surface area contributed by atoms with Crippen LogP contribution in [0.15, 0.2) is 30.3 Å². The summed E-state index contributed by atoms with van der Waals surface area (Å²) in [5.41, 5.74) is 7.28. The van der Waals surface area contributed by atoms with Crippen molar-refractivity contribution < 1.29 is 0 Å². The standard InChI is InChI=1S/C14H21N/c15-11-12-5-4-8-14(10-9-12)13-6-2-1-3-7-13/h1-3,6-7,12,14H,4-5,8-11,15H2. The van der Waals surface area contributed by atoms with E-state index in [0.717, 1.165) is 18.4 Å². The first-order valence-corrected chi connectivity index (χ1v) is 6.15. The van der Waals surface area contributed by atoms with Gasteiger partial charge in [0.25, 0.3) is 0 Å². The molecule has 0 bridgehead atoms. The van der Waals surface area contributed by atoms with Crippen LogP contribution >= 0.6 is 0 Å². The van der Waals surface area contributed by atoms with Crippen molar-refractivity contribution in [3.63, 3.8) is 0 Å². The molecule has 1 aliphatic carbocycles. The summed E-state index contributed by atoms with van der Waals surface area (Å²) < 4.78 is 0. The quantitative estimate of drug-likeness (QED) is 0.733. The van der Waals surface area contributed by atoms with Crippen molar-refractivity contribution in [3.8, 4) is 0 Å². The molecule has 0 aromatic heterocycles. The van der Waals surface area contributed by atoms with Gasteiger partial charge in [-0.05, 0) is 49.6 Å². The number of rotatable bonds is 2. The van der Waals surface area contributed by atoms with Crippen LogP contribution in [0.5, 0.6) is 0 Å². The molecule has 0 aliphatic heterocycles. The van der Waals surface area contributed by atoms with Crippen LogP contribution in [0.1, 0.15) is 43.6 Å². The highest BCUT2D eigenvalue weighted by molar-refractivity contribution is 5.19. The zero-order valence-corrected chi connectivity index (χ0v) is 9.36. The Hall–Kier alpha value is -0.820. The normalized spacial score (nSPS) is 27.3. The molecule has 0 amide bonds. The first-order chi connectivity index (χ1) is 7.40. The summed E-state index contributed by atoms with van der Waals surface area (Å²) in [6.07, 6.45) is 6.67. The number of hydrogen-bond acceptors (Lipinski definition) is 1. The molecule has 0 saturated heterocycles. The fourth-order valence-electron chi connectivity index (χ4n) is 2.67. The Balaban J connectivity index is 2.00. The minimum Gasteiger partial charge on any atom is -0.330 e. The van der Waals surface area contributed by atoms with E-state index in [9.17, 15) is 0 Å². The van der Waals surface area contributed by atoms with Gasteiger partial charge in [0, 0.05) is 0 Å². The minimum absolute atomic E-state index is 0.777. The largest absolute Gasteiger partial charge is 0.330 e. The molecule has 2 rings (SSSR count). The Morgan fingerprint density at radius 3 is 2.53 bits per heavy atom. The monoisotopic (exact) mass is 203 g/mol. The lowest BCUT2D eigenvalue weighted by atomic mass is 9.91. The molecule has 0 radical (unpaired) electrons. The summed E-state index contributed by atoms with van der Waals surface area (Å²) in [4.78, 5) is 0. The highest BCUT2D eigenvalue weighted by Crippen LogP contribution is 2.33. The first kappa shape index (κ1) is 10.7. The van der Waals surface area contributed by atoms with E-state index in [-0.39, 0.29) is 0 Å². The zero-order valence-electron chi connectivity index (χ0n) is 9.36. The maximum absolute atomic E-state index is 5.76. The SMILES string of the molecule is NCC1CCCC(c2ccccc2)CC1. The van der Waals surface area contributed by atoms with Crippen LogP contribution in [0.2, 0.25) is 0 Å². The van der Waals surface area contributed by atoms with Crippen molar-refractivity contribution in [2.24, 2.45) is 11.7 Å². The van der Waals surface area contributed by atoms with Gasteiger partial charge in [-0.2, -0.15) is 0 Å². The molecular formula is C14H21N. The molecule has 1 aromatic carbocycles. The van der Waals surface area contributed by atoms with E-state index < -0.39 is 0 Å². The molecule has 0 spiro atoms. The summed E-state index contributed by atoms with van der Waals surface area (Å²) in [7, 11) is 0. The second-order valence-corrected chi connectivity index (χ2v) is 4.72. The summed E-state index contributed by atoms with van der Waals surface area (Å²) in [6.45, 7) is 0.876. The van der Waals surface area contributed by atoms with Crippen molar-refractivity contribution in [2.75, 3.05) is 6.54 Å². The van der Waals surface area contributed by atoms with E-state index in [0.29, 0.717) is 0 Å². The third kappa shape index (κ3) is 2.82. The lowest BCUT2D eigenvalue weighted by Gasteiger charge is -2.14. The fraction of sp³-hybridized carbons (Fsp3) is 0.571. The molecule has 1 heteroatoms. The maximum atomic E-state index is 5.76. The number of hydrogen-bond donors (Lipinski definition) is 1. The van der Waals surface area contributed by atoms with Gasteiger partial charge >= 0.3 is 0 Å². The van der Waals surface area contributed by atoms with Gasteiger partial charge in [-0.3, -0.25) is 0 Å². The molecule has 0 heterocycles. The molecule has 2 N–H and O–H groups in total. The molecule has 1 aliphatic rings. The van der Waals surface area contributed by atoms with Gasteiger partial charge in [0.15, 0.2) is 0 Å². The van der Waals surface area contributed by atoms with Gasteiger partial charge in [0.2, 0.25) is 0 Å². The zero-order chi connectivity index (χ0) is 10.5. The van der Waals surface area contributed by atoms with Gasteiger partial charge < -0.3 is 5.73 Å². The van der Waals surface area contributed by atoms with Gasteiger partial charge in [-0.15, -0.1) is 0 Å². The van der Waals surface area contributed by atoms with E-state index in [1.807, 2.05) is 0 Å². The van der Waals surface area contributed by atoms with Gasteiger partial charge in [0.1, 0.15) is 0 Å². The highest BCUT2D eigenvalue weighted by atomic mass is 14.5. The van der Waals surface area contributed by atoms with Gasteiger partial charge in [-0.1, -0.05) is 36.8 Å². The predicted octanol–water partition coefficient (Wildman–Crippen LogP) is 3.31. The molecule has 1 fully saturated rings. The summed E-state index contributed by atoms with van der Waals surface area (Å²) in [5.74, 6) is 1.56. The Labute approximate surface area is 92.7 Å². The summed E-state index contributed by atoms with van der Waals surface area (Å²) in [6, 6.07) is 10.9. The molecule has 1 nitrogen and oxygen atoms in total. The van der Waals surface area contributed by atoms with Gasteiger partial charge in [-0.25, -0.2) is 0 Å². The molecule has 2 unspecified atom stereocenters. The average Bonchev–Trinajstić information content (AvgIpc) is 2.55. The number of benzene rings is 1. The van der Waals surface area contributed by atoms with Crippen LogP contribution < -0.4 is 5.73 Å². The second-order valence-electron chi connectivity index (χ2n) is 4.72. The van der Waals surface area contributed by atoms with Crippen LogP contribution in [-0.4, -0.2) is 6.54 Å². The van der Waals surface area contributed by atoms with Gasteiger partial charge in [0.05, 0.1) is 0 Å². The van der Waals surface area contributed by atoms with Crippen LogP contribution in [0.25, 0.3) is 0 Å². The molecule has 1 saturated carbocycles. The topological polar surface area (TPSA) is 26.0 Å². The molecule has 2 atom stereocenters. The highest BCUT2D eigenvalue weighted by Gasteiger charge is 2.18. The smallest absolute Gasteiger partial charge is 0.00489 e.